The monoisotopic (exact) mass is 330 g/mol. The van der Waals surface area contributed by atoms with Crippen LogP contribution in [-0.2, 0) is 11.2 Å². The molecule has 0 radical (unpaired) electrons. The minimum absolute atomic E-state index is 0.00132. The van der Waals surface area contributed by atoms with E-state index in [1.54, 1.807) is 19.9 Å². The summed E-state index contributed by atoms with van der Waals surface area (Å²) >= 11 is 3.26. The molecule has 0 fully saturated rings. The molecule has 0 atom stereocenters. The second-order valence-corrected chi connectivity index (χ2v) is 5.88. The molecule has 0 unspecified atom stereocenters. The van der Waals surface area contributed by atoms with Crippen LogP contribution in [0.25, 0.3) is 0 Å². The number of halogens is 1. The van der Waals surface area contributed by atoms with E-state index in [-0.39, 0.29) is 12.2 Å². The van der Waals surface area contributed by atoms with Gasteiger partial charge in [-0.25, -0.2) is 0 Å². The maximum atomic E-state index is 11.2. The predicted octanol–water partition coefficient (Wildman–Crippen LogP) is 2.58. The van der Waals surface area contributed by atoms with Crippen molar-refractivity contribution in [1.29, 1.82) is 0 Å². The van der Waals surface area contributed by atoms with Crippen molar-refractivity contribution in [2.45, 2.75) is 20.3 Å². The molecule has 19 heavy (non-hydrogen) atoms. The summed E-state index contributed by atoms with van der Waals surface area (Å²) in [5.41, 5.74) is -0.454. The highest BCUT2D eigenvalue weighted by Gasteiger charge is 2.31. The minimum Gasteiger partial charge on any atom is -0.506 e. The van der Waals surface area contributed by atoms with Gasteiger partial charge in [-0.05, 0) is 42.3 Å². The van der Waals surface area contributed by atoms with Gasteiger partial charge in [0.05, 0.1) is 5.41 Å². The first-order valence-electron chi connectivity index (χ1n) is 5.86. The number of hydrogen-bond acceptors (Lipinski definition) is 4. The number of phenols is 1. The van der Waals surface area contributed by atoms with Crippen molar-refractivity contribution in [3.63, 3.8) is 0 Å². The van der Waals surface area contributed by atoms with Crippen molar-refractivity contribution in [2.24, 2.45) is 5.41 Å². The number of aliphatic carboxylic acids is 1. The molecule has 0 aromatic heterocycles. The Kier molecular flexibility index (Phi) is 3.62. The third kappa shape index (κ3) is 2.63. The number of fused-ring (bicyclic) bond motifs is 1. The third-order valence-electron chi connectivity index (χ3n) is 3.04. The molecule has 0 saturated heterocycles. The lowest BCUT2D eigenvalue weighted by atomic mass is 9.85. The summed E-state index contributed by atoms with van der Waals surface area (Å²) in [5, 5.41) is 19.3. The van der Waals surface area contributed by atoms with Gasteiger partial charge in [0.25, 0.3) is 0 Å². The first-order valence-corrected chi connectivity index (χ1v) is 6.65. The minimum atomic E-state index is -0.972. The van der Waals surface area contributed by atoms with Gasteiger partial charge in [0.1, 0.15) is 23.4 Å². The van der Waals surface area contributed by atoms with Crippen molar-refractivity contribution < 1.29 is 24.5 Å². The second kappa shape index (κ2) is 4.92. The average molecular weight is 331 g/mol. The first kappa shape index (κ1) is 14.0. The molecular formula is C13H15BrO5. The lowest BCUT2D eigenvalue weighted by Gasteiger charge is -2.24. The Morgan fingerprint density at radius 2 is 2.05 bits per heavy atom. The van der Waals surface area contributed by atoms with Crippen molar-refractivity contribution in [1.82, 2.24) is 0 Å². The fourth-order valence-corrected chi connectivity index (χ4v) is 2.44. The van der Waals surface area contributed by atoms with E-state index in [0.29, 0.717) is 34.7 Å². The quantitative estimate of drug-likeness (QED) is 0.890. The number of hydrogen-bond donors (Lipinski definition) is 2. The Balaban J connectivity index is 2.42. The van der Waals surface area contributed by atoms with Crippen LogP contribution in [0, 0.1) is 5.41 Å². The Labute approximate surface area is 119 Å². The van der Waals surface area contributed by atoms with E-state index in [0.717, 1.165) is 0 Å². The van der Waals surface area contributed by atoms with Crippen molar-refractivity contribution in [2.75, 3.05) is 13.2 Å². The van der Waals surface area contributed by atoms with Crippen molar-refractivity contribution in [3.8, 4) is 17.2 Å². The Hall–Kier alpha value is -1.43. The van der Waals surface area contributed by atoms with Gasteiger partial charge < -0.3 is 19.7 Å². The van der Waals surface area contributed by atoms with E-state index in [2.05, 4.69) is 15.9 Å². The maximum absolute atomic E-state index is 11.2. The summed E-state index contributed by atoms with van der Waals surface area (Å²) in [6.07, 6.45) is 0.198. The molecule has 0 saturated carbocycles. The second-order valence-electron chi connectivity index (χ2n) is 5.09. The zero-order chi connectivity index (χ0) is 14.2. The van der Waals surface area contributed by atoms with Crippen LogP contribution in [0.4, 0.5) is 0 Å². The number of carboxylic acid groups (broad SMARTS) is 1. The van der Waals surface area contributed by atoms with Gasteiger partial charge in [-0.1, -0.05) is 0 Å². The number of benzene rings is 1. The van der Waals surface area contributed by atoms with Crippen LogP contribution >= 0.6 is 15.9 Å². The van der Waals surface area contributed by atoms with Crippen LogP contribution in [0.5, 0.6) is 17.2 Å². The number of phenolic OH excluding ortho intramolecular Hbond substituents is 1. The molecule has 0 amide bonds. The Morgan fingerprint density at radius 1 is 1.42 bits per heavy atom. The molecule has 0 bridgehead atoms. The standard InChI is InChI=1S/C13H15BrO5/c1-13(2,12(16)17)6-7-5-8-11(9(14)10(7)15)19-4-3-18-8/h5,15H,3-4,6H2,1-2H3,(H,16,17). The summed E-state index contributed by atoms with van der Waals surface area (Å²) in [4.78, 5) is 11.2. The van der Waals surface area contributed by atoms with Crippen LogP contribution in [0.2, 0.25) is 0 Å². The van der Waals surface area contributed by atoms with Gasteiger partial charge in [-0.2, -0.15) is 0 Å². The van der Waals surface area contributed by atoms with Crippen molar-refractivity contribution in [3.05, 3.63) is 16.1 Å². The third-order valence-corrected chi connectivity index (χ3v) is 3.77. The van der Waals surface area contributed by atoms with Gasteiger partial charge in [-0.15, -0.1) is 0 Å². The molecule has 1 heterocycles. The molecule has 0 aliphatic carbocycles. The number of ether oxygens (including phenoxy) is 2. The molecule has 1 aliphatic heterocycles. The summed E-state index contributed by atoms with van der Waals surface area (Å²) in [6, 6.07) is 1.64. The first-order chi connectivity index (χ1) is 8.83. The highest BCUT2D eigenvalue weighted by Crippen LogP contribution is 2.46. The van der Waals surface area contributed by atoms with Crippen LogP contribution in [-0.4, -0.2) is 29.4 Å². The fourth-order valence-electron chi connectivity index (χ4n) is 1.87. The number of rotatable bonds is 3. The Morgan fingerprint density at radius 3 is 2.68 bits per heavy atom. The smallest absolute Gasteiger partial charge is 0.309 e. The lowest BCUT2D eigenvalue weighted by molar-refractivity contribution is -0.146. The van der Waals surface area contributed by atoms with Gasteiger partial charge >= 0.3 is 5.97 Å². The molecule has 1 aromatic carbocycles. The van der Waals surface area contributed by atoms with Crippen LogP contribution in [0.15, 0.2) is 10.5 Å². The van der Waals surface area contributed by atoms with Crippen LogP contribution in [0.3, 0.4) is 0 Å². The zero-order valence-electron chi connectivity index (χ0n) is 10.7. The van der Waals surface area contributed by atoms with Gasteiger partial charge in [0.2, 0.25) is 0 Å². The molecule has 6 heteroatoms. The molecular weight excluding hydrogens is 316 g/mol. The molecule has 5 nitrogen and oxygen atoms in total. The number of carboxylic acids is 1. The highest BCUT2D eigenvalue weighted by atomic mass is 79.9. The SMILES string of the molecule is CC(C)(Cc1cc2c(c(Br)c1O)OCCO2)C(=O)O. The molecule has 1 aliphatic rings. The van der Waals surface area contributed by atoms with Gasteiger partial charge in [-0.3, -0.25) is 4.79 Å². The van der Waals surface area contributed by atoms with E-state index in [4.69, 9.17) is 14.6 Å². The van der Waals surface area contributed by atoms with E-state index < -0.39 is 11.4 Å². The predicted molar refractivity (Wildman–Crippen MR) is 71.9 cm³/mol. The summed E-state index contributed by atoms with van der Waals surface area (Å²) in [5.74, 6) is 0.0595. The average Bonchev–Trinajstić information content (AvgIpc) is 2.35. The van der Waals surface area contributed by atoms with E-state index in [9.17, 15) is 9.90 Å². The zero-order valence-corrected chi connectivity index (χ0v) is 12.3. The molecule has 1 aromatic rings. The molecule has 2 rings (SSSR count). The number of carbonyl (C=O) groups is 1. The summed E-state index contributed by atoms with van der Waals surface area (Å²) in [7, 11) is 0. The normalized spacial score (nSPS) is 14.3. The van der Waals surface area contributed by atoms with E-state index in [1.807, 2.05) is 0 Å². The van der Waals surface area contributed by atoms with E-state index >= 15 is 0 Å². The summed E-state index contributed by atoms with van der Waals surface area (Å²) in [6.45, 7) is 4.08. The lowest BCUT2D eigenvalue weighted by Crippen LogP contribution is -2.26. The largest absolute Gasteiger partial charge is 0.506 e. The van der Waals surface area contributed by atoms with Gasteiger partial charge in [0, 0.05) is 5.56 Å². The maximum Gasteiger partial charge on any atom is 0.309 e. The van der Waals surface area contributed by atoms with Crippen LogP contribution < -0.4 is 9.47 Å². The number of aromatic hydroxyl groups is 1. The molecule has 104 valence electrons. The fraction of sp³-hybridized carbons (Fsp3) is 0.462. The van der Waals surface area contributed by atoms with Crippen molar-refractivity contribution >= 4 is 21.9 Å². The van der Waals surface area contributed by atoms with Crippen LogP contribution in [0.1, 0.15) is 19.4 Å². The summed E-state index contributed by atoms with van der Waals surface area (Å²) < 4.78 is 11.3. The van der Waals surface area contributed by atoms with E-state index in [1.165, 1.54) is 0 Å². The van der Waals surface area contributed by atoms with Gasteiger partial charge in [0.15, 0.2) is 11.5 Å². The molecule has 2 N–H and O–H groups in total. The molecule has 0 spiro atoms. The Bertz CT molecular complexity index is 524. The highest BCUT2D eigenvalue weighted by molar-refractivity contribution is 9.10. The topological polar surface area (TPSA) is 76.0 Å².